The van der Waals surface area contributed by atoms with Gasteiger partial charge in [-0.2, -0.15) is 0 Å². The number of morpholine rings is 1. The van der Waals surface area contributed by atoms with Crippen molar-refractivity contribution in [3.63, 3.8) is 0 Å². The van der Waals surface area contributed by atoms with Crippen molar-refractivity contribution in [1.82, 2.24) is 9.97 Å². The minimum absolute atomic E-state index is 0.546. The molecule has 0 saturated carbocycles. The number of rotatable bonds is 2. The van der Waals surface area contributed by atoms with Crippen LogP contribution >= 0.6 is 11.3 Å². The molecule has 2 N–H and O–H groups in total. The first kappa shape index (κ1) is 13.5. The van der Waals surface area contributed by atoms with Crippen LogP contribution in [0.2, 0.25) is 0 Å². The minimum Gasteiger partial charge on any atom is -0.383 e. The van der Waals surface area contributed by atoms with E-state index in [0.717, 1.165) is 42.2 Å². The first-order valence-electron chi connectivity index (χ1n) is 7.25. The highest BCUT2D eigenvalue weighted by Crippen LogP contribution is 2.45. The topological polar surface area (TPSA) is 64.3 Å². The summed E-state index contributed by atoms with van der Waals surface area (Å²) >= 11 is 1.67. The molecule has 5 nitrogen and oxygen atoms in total. The summed E-state index contributed by atoms with van der Waals surface area (Å²) in [6.07, 6.45) is 1.53. The maximum atomic E-state index is 6.15. The van der Waals surface area contributed by atoms with Crippen molar-refractivity contribution in [3.05, 3.63) is 36.7 Å². The third-order valence-electron chi connectivity index (χ3n) is 3.86. The number of benzene rings is 1. The molecule has 0 aliphatic carbocycles. The van der Waals surface area contributed by atoms with E-state index in [0.29, 0.717) is 5.82 Å². The van der Waals surface area contributed by atoms with Gasteiger partial charge < -0.3 is 15.4 Å². The second-order valence-corrected chi connectivity index (χ2v) is 6.18. The highest BCUT2D eigenvalue weighted by Gasteiger charge is 2.23. The molecule has 0 bridgehead atoms. The fourth-order valence-corrected chi connectivity index (χ4v) is 3.99. The third-order valence-corrected chi connectivity index (χ3v) is 4.99. The molecule has 22 heavy (non-hydrogen) atoms. The molecule has 0 unspecified atom stereocenters. The summed E-state index contributed by atoms with van der Waals surface area (Å²) < 4.78 is 5.48. The predicted molar refractivity (Wildman–Crippen MR) is 90.3 cm³/mol. The van der Waals surface area contributed by atoms with Gasteiger partial charge in [0, 0.05) is 13.1 Å². The first-order valence-corrected chi connectivity index (χ1v) is 8.07. The zero-order valence-electron chi connectivity index (χ0n) is 12.0. The molecule has 1 aliphatic heterocycles. The van der Waals surface area contributed by atoms with E-state index in [1.165, 1.54) is 16.8 Å². The number of nitrogen functional groups attached to an aromatic ring is 1. The van der Waals surface area contributed by atoms with E-state index in [9.17, 15) is 0 Å². The molecule has 6 heteroatoms. The molecule has 0 spiro atoms. The zero-order chi connectivity index (χ0) is 14.9. The SMILES string of the molecule is Nc1ncnc2sc(-c3ccccc3)c(N3CCOCC3)c12. The minimum atomic E-state index is 0.546. The lowest BCUT2D eigenvalue weighted by molar-refractivity contribution is 0.123. The number of anilines is 2. The van der Waals surface area contributed by atoms with Crippen LogP contribution in [0.5, 0.6) is 0 Å². The highest BCUT2D eigenvalue weighted by molar-refractivity contribution is 7.22. The number of hydrogen-bond acceptors (Lipinski definition) is 6. The normalized spacial score (nSPS) is 15.4. The number of aromatic nitrogens is 2. The van der Waals surface area contributed by atoms with Gasteiger partial charge in [-0.05, 0) is 5.56 Å². The van der Waals surface area contributed by atoms with E-state index < -0.39 is 0 Å². The molecule has 3 aromatic rings. The molecule has 1 fully saturated rings. The number of nitrogens with two attached hydrogens (primary N) is 1. The predicted octanol–water partition coefficient (Wildman–Crippen LogP) is 2.78. The van der Waals surface area contributed by atoms with Crippen molar-refractivity contribution in [1.29, 1.82) is 0 Å². The average molecular weight is 312 g/mol. The molecule has 1 aliphatic rings. The van der Waals surface area contributed by atoms with Crippen LogP contribution < -0.4 is 10.6 Å². The highest BCUT2D eigenvalue weighted by atomic mass is 32.1. The lowest BCUT2D eigenvalue weighted by Crippen LogP contribution is -2.36. The second-order valence-electron chi connectivity index (χ2n) is 5.18. The van der Waals surface area contributed by atoms with E-state index in [4.69, 9.17) is 10.5 Å². The van der Waals surface area contributed by atoms with Gasteiger partial charge in [0.1, 0.15) is 17.0 Å². The summed E-state index contributed by atoms with van der Waals surface area (Å²) in [5, 5.41) is 0.966. The van der Waals surface area contributed by atoms with Gasteiger partial charge in [0.05, 0.1) is 29.2 Å². The van der Waals surface area contributed by atoms with Gasteiger partial charge in [0.25, 0.3) is 0 Å². The van der Waals surface area contributed by atoms with Crippen molar-refractivity contribution in [3.8, 4) is 10.4 Å². The number of ether oxygens (including phenoxy) is 1. The van der Waals surface area contributed by atoms with Gasteiger partial charge in [0.2, 0.25) is 0 Å². The van der Waals surface area contributed by atoms with Crippen molar-refractivity contribution >= 4 is 33.1 Å². The lowest BCUT2D eigenvalue weighted by Gasteiger charge is -2.29. The maximum absolute atomic E-state index is 6.15. The van der Waals surface area contributed by atoms with Gasteiger partial charge in [-0.25, -0.2) is 9.97 Å². The molecule has 4 rings (SSSR count). The summed E-state index contributed by atoms with van der Waals surface area (Å²) in [5.41, 5.74) is 8.49. The van der Waals surface area contributed by atoms with Gasteiger partial charge in [-0.1, -0.05) is 30.3 Å². The van der Waals surface area contributed by atoms with E-state index in [-0.39, 0.29) is 0 Å². The van der Waals surface area contributed by atoms with Gasteiger partial charge in [-0.3, -0.25) is 0 Å². The van der Waals surface area contributed by atoms with Crippen molar-refractivity contribution in [2.45, 2.75) is 0 Å². The summed E-state index contributed by atoms with van der Waals surface area (Å²) in [7, 11) is 0. The van der Waals surface area contributed by atoms with Crippen LogP contribution in [0.4, 0.5) is 11.5 Å². The summed E-state index contributed by atoms with van der Waals surface area (Å²) in [6, 6.07) is 10.4. The van der Waals surface area contributed by atoms with Crippen LogP contribution in [-0.2, 0) is 4.74 Å². The van der Waals surface area contributed by atoms with Crippen molar-refractivity contribution in [2.24, 2.45) is 0 Å². The van der Waals surface area contributed by atoms with E-state index in [1.807, 2.05) is 6.07 Å². The number of thiophene rings is 1. The molecule has 112 valence electrons. The fraction of sp³-hybridized carbons (Fsp3) is 0.250. The van der Waals surface area contributed by atoms with Crippen LogP contribution in [0.3, 0.4) is 0 Å². The molecule has 0 atom stereocenters. The smallest absolute Gasteiger partial charge is 0.137 e. The Morgan fingerprint density at radius 1 is 1.09 bits per heavy atom. The molecule has 0 amide bonds. The molecule has 3 heterocycles. The zero-order valence-corrected chi connectivity index (χ0v) is 12.8. The Morgan fingerprint density at radius 2 is 1.86 bits per heavy atom. The third kappa shape index (κ3) is 2.20. The first-order chi connectivity index (χ1) is 10.8. The summed E-state index contributed by atoms with van der Waals surface area (Å²) in [5.74, 6) is 0.546. The lowest BCUT2D eigenvalue weighted by atomic mass is 10.1. The van der Waals surface area contributed by atoms with Crippen LogP contribution in [0, 0.1) is 0 Å². The molecular formula is C16H16N4OS. The Labute approximate surface area is 132 Å². The van der Waals surface area contributed by atoms with Gasteiger partial charge >= 0.3 is 0 Å². The summed E-state index contributed by atoms with van der Waals surface area (Å²) in [4.78, 5) is 13.1. The van der Waals surface area contributed by atoms with Crippen LogP contribution in [0.15, 0.2) is 36.7 Å². The largest absolute Gasteiger partial charge is 0.383 e. The average Bonchev–Trinajstić information content (AvgIpc) is 2.97. The van der Waals surface area contributed by atoms with Crippen molar-refractivity contribution < 1.29 is 4.74 Å². The molecule has 1 saturated heterocycles. The Balaban J connectivity index is 1.97. The fourth-order valence-electron chi connectivity index (χ4n) is 2.81. The monoisotopic (exact) mass is 312 g/mol. The molecule has 1 aromatic carbocycles. The Kier molecular flexibility index (Phi) is 3.40. The number of fused-ring (bicyclic) bond motifs is 1. The van der Waals surface area contributed by atoms with Crippen LogP contribution in [0.1, 0.15) is 0 Å². The van der Waals surface area contributed by atoms with Gasteiger partial charge in [0.15, 0.2) is 0 Å². The van der Waals surface area contributed by atoms with Crippen LogP contribution in [0.25, 0.3) is 20.7 Å². The molecule has 0 radical (unpaired) electrons. The number of hydrogen-bond donors (Lipinski definition) is 1. The number of nitrogens with zero attached hydrogens (tertiary/aromatic N) is 3. The standard InChI is InChI=1S/C16H16N4OS/c17-15-12-13(20-6-8-21-9-7-20)14(11-4-2-1-3-5-11)22-16(12)19-10-18-15/h1-5,10H,6-9H2,(H2,17,18,19). The van der Waals surface area contributed by atoms with E-state index >= 15 is 0 Å². The molecular weight excluding hydrogens is 296 g/mol. The summed E-state index contributed by atoms with van der Waals surface area (Å²) in [6.45, 7) is 3.19. The van der Waals surface area contributed by atoms with E-state index in [1.54, 1.807) is 11.3 Å². The van der Waals surface area contributed by atoms with Gasteiger partial charge in [-0.15, -0.1) is 11.3 Å². The molecule has 2 aromatic heterocycles. The van der Waals surface area contributed by atoms with E-state index in [2.05, 4.69) is 39.1 Å². The Bertz CT molecular complexity index is 797. The van der Waals surface area contributed by atoms with Crippen LogP contribution in [-0.4, -0.2) is 36.3 Å². The second kappa shape index (κ2) is 5.55. The maximum Gasteiger partial charge on any atom is 0.137 e. The quantitative estimate of drug-likeness (QED) is 0.788. The Hall–Kier alpha value is -2.18. The Morgan fingerprint density at radius 3 is 2.64 bits per heavy atom. The van der Waals surface area contributed by atoms with Crippen molar-refractivity contribution in [2.75, 3.05) is 36.9 Å².